The van der Waals surface area contributed by atoms with Crippen LogP contribution in [0.4, 0.5) is 0 Å². The second-order valence-corrected chi connectivity index (χ2v) is 10.3. The van der Waals surface area contributed by atoms with E-state index in [9.17, 15) is 0 Å². The largest absolute Gasteiger partial charge is 0.491 e. The van der Waals surface area contributed by atoms with Crippen LogP contribution in [0, 0.1) is 20.8 Å². The van der Waals surface area contributed by atoms with Gasteiger partial charge in [-0.3, -0.25) is 0 Å². The van der Waals surface area contributed by atoms with Gasteiger partial charge in [-0.25, -0.2) is 0 Å². The average Bonchev–Trinajstić information content (AvgIpc) is 3.96. The van der Waals surface area contributed by atoms with Gasteiger partial charge in [0.25, 0.3) is 0 Å². The van der Waals surface area contributed by atoms with Crippen LogP contribution in [0.5, 0.6) is 17.2 Å². The van der Waals surface area contributed by atoms with Crippen LogP contribution < -0.4 is 14.2 Å². The summed E-state index contributed by atoms with van der Waals surface area (Å²) in [6.45, 7) is 30.5. The second-order valence-electron chi connectivity index (χ2n) is 10.3. The molecule has 0 bridgehead atoms. The number of hydrogen-bond acceptors (Lipinski definition) is 6. The van der Waals surface area contributed by atoms with Gasteiger partial charge in [-0.05, 0) is 72.4 Å². The Hall–Kier alpha value is -3.06. The van der Waals surface area contributed by atoms with E-state index in [0.29, 0.717) is 19.8 Å². The molecule has 3 fully saturated rings. The summed E-state index contributed by atoms with van der Waals surface area (Å²) < 4.78 is 33.9. The van der Waals surface area contributed by atoms with Crippen molar-refractivity contribution in [1.29, 1.82) is 0 Å². The van der Waals surface area contributed by atoms with Crippen molar-refractivity contribution in [2.45, 2.75) is 114 Å². The molecule has 3 atom stereocenters. The molecule has 6 nitrogen and oxygen atoms in total. The fraction of sp³-hybridized carbons (Fsp3) is 0.561. The zero-order chi connectivity index (χ0) is 35.4. The monoisotopic (exact) mass is 652 g/mol. The number of ether oxygens (including phenoxy) is 6. The van der Waals surface area contributed by atoms with Crippen molar-refractivity contribution in [3.05, 3.63) is 88.0 Å². The molecule has 3 aliphatic rings. The van der Waals surface area contributed by atoms with Crippen LogP contribution in [0.1, 0.15) is 109 Å². The van der Waals surface area contributed by atoms with Crippen LogP contribution in [-0.2, 0) is 14.2 Å². The molecule has 0 saturated carbocycles. The minimum Gasteiger partial charge on any atom is -0.491 e. The Bertz CT molecular complexity index is 1110. The first kappa shape index (κ1) is 42.0. The van der Waals surface area contributed by atoms with Gasteiger partial charge in [-0.1, -0.05) is 106 Å². The van der Waals surface area contributed by atoms with E-state index in [-0.39, 0.29) is 24.2 Å². The minimum atomic E-state index is 0.0542. The Morgan fingerprint density at radius 3 is 0.894 bits per heavy atom. The van der Waals surface area contributed by atoms with Crippen molar-refractivity contribution < 1.29 is 28.4 Å². The minimum absolute atomic E-state index is 0.0542. The molecule has 3 aromatic carbocycles. The summed E-state index contributed by atoms with van der Waals surface area (Å²) in [7, 11) is 0. The Balaban J connectivity index is 0.00000101. The number of benzene rings is 3. The Morgan fingerprint density at radius 1 is 0.468 bits per heavy atom. The lowest BCUT2D eigenvalue weighted by atomic mass is 9.83. The van der Waals surface area contributed by atoms with Gasteiger partial charge in [0, 0.05) is 5.92 Å². The molecule has 0 aromatic heterocycles. The summed E-state index contributed by atoms with van der Waals surface area (Å²) in [6.07, 6.45) is 0.701. The molecule has 3 unspecified atom stereocenters. The topological polar surface area (TPSA) is 65.3 Å². The molecule has 3 aromatic rings. The van der Waals surface area contributed by atoms with Gasteiger partial charge in [0.2, 0.25) is 0 Å². The van der Waals surface area contributed by atoms with Crippen LogP contribution in [0.25, 0.3) is 0 Å². The van der Waals surface area contributed by atoms with E-state index >= 15 is 0 Å². The quantitative estimate of drug-likeness (QED) is 0.143. The molecule has 0 radical (unpaired) electrons. The molecule has 0 amide bonds. The molecule has 3 aliphatic heterocycles. The van der Waals surface area contributed by atoms with Crippen molar-refractivity contribution in [3.63, 3.8) is 0 Å². The summed E-state index contributed by atoms with van der Waals surface area (Å²) in [5, 5.41) is 0. The van der Waals surface area contributed by atoms with Gasteiger partial charge < -0.3 is 28.4 Å². The SMILES string of the molecule is CC.CC.CC.CC.CC.Cc1cc(C(c2ccc(OCC3CO3)c(C)c2)c2ccc(OCC3CO3)c(C)c2)ccc1OCC1CO1. The normalized spacial score (nSPS) is 18.2. The maximum absolute atomic E-state index is 6.00. The fourth-order valence-corrected chi connectivity index (χ4v) is 4.66. The molecular formula is C41H64O6. The third-order valence-corrected chi connectivity index (χ3v) is 7.08. The van der Waals surface area contributed by atoms with Crippen LogP contribution >= 0.6 is 0 Å². The molecule has 6 rings (SSSR count). The second kappa shape index (κ2) is 23.3. The van der Waals surface area contributed by atoms with E-state index in [1.165, 1.54) is 16.7 Å². The Morgan fingerprint density at radius 2 is 0.702 bits per heavy atom. The molecule has 47 heavy (non-hydrogen) atoms. The van der Waals surface area contributed by atoms with Crippen LogP contribution in [0.3, 0.4) is 0 Å². The zero-order valence-corrected chi connectivity index (χ0v) is 31.7. The maximum atomic E-state index is 6.00. The summed E-state index contributed by atoms with van der Waals surface area (Å²) >= 11 is 0. The highest BCUT2D eigenvalue weighted by Gasteiger charge is 2.26. The Labute approximate surface area is 287 Å². The van der Waals surface area contributed by atoms with E-state index in [1.807, 2.05) is 69.2 Å². The van der Waals surface area contributed by atoms with Crippen molar-refractivity contribution in [3.8, 4) is 17.2 Å². The van der Waals surface area contributed by atoms with Crippen LogP contribution in [0.2, 0.25) is 0 Å². The first-order valence-corrected chi connectivity index (χ1v) is 18.1. The fourth-order valence-electron chi connectivity index (χ4n) is 4.66. The van der Waals surface area contributed by atoms with E-state index in [4.69, 9.17) is 28.4 Å². The van der Waals surface area contributed by atoms with Crippen molar-refractivity contribution in [2.24, 2.45) is 0 Å². The predicted molar refractivity (Wildman–Crippen MR) is 197 cm³/mol. The molecule has 0 N–H and O–H groups in total. The van der Waals surface area contributed by atoms with Crippen LogP contribution in [0.15, 0.2) is 54.6 Å². The molecule has 3 saturated heterocycles. The number of aryl methyl sites for hydroxylation is 3. The Kier molecular flexibility index (Phi) is 20.8. The van der Waals surface area contributed by atoms with Gasteiger partial charge in [-0.15, -0.1) is 0 Å². The van der Waals surface area contributed by atoms with Crippen molar-refractivity contribution in [1.82, 2.24) is 0 Å². The first-order valence-electron chi connectivity index (χ1n) is 18.1. The molecular weight excluding hydrogens is 588 g/mol. The smallest absolute Gasteiger partial charge is 0.122 e. The molecule has 3 heterocycles. The highest BCUT2D eigenvalue weighted by molar-refractivity contribution is 5.51. The predicted octanol–water partition coefficient (Wildman–Crippen LogP) is 10.3. The molecule has 264 valence electrons. The third-order valence-electron chi connectivity index (χ3n) is 7.08. The number of rotatable bonds is 12. The van der Waals surface area contributed by atoms with E-state index in [2.05, 4.69) is 75.4 Å². The lowest BCUT2D eigenvalue weighted by molar-refractivity contribution is 0.261. The van der Waals surface area contributed by atoms with Gasteiger partial charge in [0.15, 0.2) is 0 Å². The standard InChI is InChI=1S/C31H34O6.5C2H6/c1-19-10-22(4-7-28(19)35-16-25-13-32-25)31(23-5-8-29(20(2)11-23)36-17-26-14-33-26)24-6-9-30(21(3)12-24)37-18-27-15-34-27;5*1-2/h4-12,25-27,31H,13-18H2,1-3H3;5*1-2H3. The average molecular weight is 653 g/mol. The molecule has 0 aliphatic carbocycles. The zero-order valence-electron chi connectivity index (χ0n) is 31.7. The summed E-state index contributed by atoms with van der Waals surface area (Å²) in [4.78, 5) is 0. The highest BCUT2D eigenvalue weighted by atomic mass is 16.6. The van der Waals surface area contributed by atoms with E-state index < -0.39 is 0 Å². The summed E-state index contributed by atoms with van der Waals surface area (Å²) in [5.41, 5.74) is 6.99. The van der Waals surface area contributed by atoms with Gasteiger partial charge in [0.05, 0.1) is 19.8 Å². The highest BCUT2D eigenvalue weighted by Crippen LogP contribution is 2.38. The molecule has 6 heteroatoms. The summed E-state index contributed by atoms with van der Waals surface area (Å²) in [6, 6.07) is 19.5. The van der Waals surface area contributed by atoms with Gasteiger partial charge >= 0.3 is 0 Å². The van der Waals surface area contributed by atoms with Crippen molar-refractivity contribution in [2.75, 3.05) is 39.6 Å². The maximum Gasteiger partial charge on any atom is 0.122 e. The first-order chi connectivity index (χ1) is 23.0. The van der Waals surface area contributed by atoms with Crippen molar-refractivity contribution >= 4 is 0 Å². The summed E-state index contributed by atoms with van der Waals surface area (Å²) in [5.74, 6) is 2.77. The van der Waals surface area contributed by atoms with Gasteiger partial charge in [0.1, 0.15) is 55.4 Å². The van der Waals surface area contributed by atoms with E-state index in [0.717, 1.165) is 53.8 Å². The lowest BCUT2D eigenvalue weighted by Gasteiger charge is -2.22. The lowest BCUT2D eigenvalue weighted by Crippen LogP contribution is -2.09. The number of epoxide rings is 3. The van der Waals surface area contributed by atoms with Gasteiger partial charge in [-0.2, -0.15) is 0 Å². The molecule has 0 spiro atoms. The third kappa shape index (κ3) is 13.9. The van der Waals surface area contributed by atoms with E-state index in [1.54, 1.807) is 0 Å². The number of hydrogen-bond donors (Lipinski definition) is 0. The van der Waals surface area contributed by atoms with Crippen LogP contribution in [-0.4, -0.2) is 58.0 Å².